The average Bonchev–Trinajstić information content (AvgIpc) is 2.32. The minimum Gasteiger partial charge on any atom is -0.278 e. The van der Waals surface area contributed by atoms with E-state index >= 15 is 0 Å². The number of pyridine rings is 1. The summed E-state index contributed by atoms with van der Waals surface area (Å²) in [5.74, 6) is -1.59. The van der Waals surface area contributed by atoms with E-state index in [9.17, 15) is 17.2 Å². The van der Waals surface area contributed by atoms with Gasteiger partial charge in [-0.2, -0.15) is 4.39 Å². The van der Waals surface area contributed by atoms with Crippen LogP contribution in [0.3, 0.4) is 0 Å². The summed E-state index contributed by atoms with van der Waals surface area (Å²) in [5, 5.41) is 0. The van der Waals surface area contributed by atoms with Crippen LogP contribution >= 0.6 is 0 Å². The van der Waals surface area contributed by atoms with Gasteiger partial charge in [-0.05, 0) is 24.3 Å². The van der Waals surface area contributed by atoms with Gasteiger partial charge in [0.2, 0.25) is 5.95 Å². The van der Waals surface area contributed by atoms with Crippen LogP contribution in [0.15, 0.2) is 47.5 Å². The molecule has 7 heteroatoms. The number of nitrogens with zero attached hydrogens (tertiary/aromatic N) is 1. The Bertz CT molecular complexity index is 657. The third-order valence-corrected chi connectivity index (χ3v) is 3.52. The van der Waals surface area contributed by atoms with Gasteiger partial charge in [0, 0.05) is 0 Å². The predicted octanol–water partition coefficient (Wildman–Crippen LogP) is 2.16. The molecule has 1 aromatic carbocycles. The molecule has 1 heterocycles. The predicted molar refractivity (Wildman–Crippen MR) is 61.4 cm³/mol. The van der Waals surface area contributed by atoms with E-state index in [2.05, 4.69) is 9.71 Å². The number of nitrogens with one attached hydrogen (secondary N) is 1. The number of anilines is 1. The van der Waals surface area contributed by atoms with E-state index in [4.69, 9.17) is 0 Å². The molecule has 0 bridgehead atoms. The Morgan fingerprint density at radius 2 is 1.78 bits per heavy atom. The normalized spacial score (nSPS) is 11.2. The van der Waals surface area contributed by atoms with Crippen molar-refractivity contribution in [2.45, 2.75) is 4.90 Å². The highest BCUT2D eigenvalue weighted by atomic mass is 32.2. The van der Waals surface area contributed by atoms with Crippen LogP contribution in [0, 0.1) is 11.8 Å². The molecule has 94 valence electrons. The van der Waals surface area contributed by atoms with Crippen LogP contribution in [-0.2, 0) is 10.0 Å². The molecule has 0 aliphatic heterocycles. The summed E-state index contributed by atoms with van der Waals surface area (Å²) in [5.41, 5.74) is 0.0552. The maximum absolute atomic E-state index is 13.4. The minimum atomic E-state index is -4.04. The summed E-state index contributed by atoms with van der Waals surface area (Å²) in [7, 11) is -4.04. The smallest absolute Gasteiger partial charge is 0.264 e. The molecular formula is C11H8F2N2O2S. The first-order chi connectivity index (χ1) is 8.49. The maximum atomic E-state index is 13.4. The number of benzene rings is 1. The van der Waals surface area contributed by atoms with Crippen molar-refractivity contribution in [1.29, 1.82) is 0 Å². The van der Waals surface area contributed by atoms with Gasteiger partial charge in [0.25, 0.3) is 10.0 Å². The number of sulfonamides is 1. The Balaban J connectivity index is 2.33. The van der Waals surface area contributed by atoms with Crippen LogP contribution in [-0.4, -0.2) is 13.4 Å². The Labute approximate surface area is 102 Å². The van der Waals surface area contributed by atoms with Gasteiger partial charge in [-0.15, -0.1) is 0 Å². The number of halogens is 2. The molecule has 2 rings (SSSR count). The van der Waals surface area contributed by atoms with E-state index in [1.54, 1.807) is 0 Å². The highest BCUT2D eigenvalue weighted by Crippen LogP contribution is 2.17. The van der Waals surface area contributed by atoms with Crippen molar-refractivity contribution in [3.8, 4) is 0 Å². The summed E-state index contributed by atoms with van der Waals surface area (Å²) in [6.45, 7) is 0. The highest BCUT2D eigenvalue weighted by molar-refractivity contribution is 7.92. The molecule has 0 atom stereocenters. The molecule has 0 fully saturated rings. The van der Waals surface area contributed by atoms with E-state index in [0.29, 0.717) is 0 Å². The number of aromatic nitrogens is 1. The number of hydrogen-bond acceptors (Lipinski definition) is 3. The van der Waals surface area contributed by atoms with Gasteiger partial charge >= 0.3 is 0 Å². The average molecular weight is 270 g/mol. The molecule has 0 amide bonds. The van der Waals surface area contributed by atoms with Crippen LogP contribution in [0.4, 0.5) is 14.5 Å². The van der Waals surface area contributed by atoms with E-state index < -0.39 is 26.7 Å². The zero-order valence-electron chi connectivity index (χ0n) is 8.97. The SMILES string of the molecule is O=S(=O)(Nc1ccc(F)nc1)c1ccccc1F. The van der Waals surface area contributed by atoms with Crippen LogP contribution in [0.1, 0.15) is 0 Å². The molecular weight excluding hydrogens is 262 g/mol. The Morgan fingerprint density at radius 1 is 1.06 bits per heavy atom. The molecule has 0 saturated carbocycles. The van der Waals surface area contributed by atoms with Gasteiger partial charge in [-0.3, -0.25) is 4.72 Å². The van der Waals surface area contributed by atoms with Crippen molar-refractivity contribution in [1.82, 2.24) is 4.98 Å². The second-order valence-electron chi connectivity index (χ2n) is 3.41. The molecule has 0 aliphatic carbocycles. The van der Waals surface area contributed by atoms with Gasteiger partial charge in [-0.1, -0.05) is 12.1 Å². The Kier molecular flexibility index (Phi) is 3.24. The third-order valence-electron chi connectivity index (χ3n) is 2.11. The standard InChI is InChI=1S/C11H8F2N2O2S/c12-9-3-1-2-4-10(9)18(16,17)15-8-5-6-11(13)14-7-8/h1-7,15H. The number of hydrogen-bond donors (Lipinski definition) is 1. The van der Waals surface area contributed by atoms with Gasteiger partial charge in [0.05, 0.1) is 11.9 Å². The van der Waals surface area contributed by atoms with Crippen molar-refractivity contribution in [3.63, 3.8) is 0 Å². The van der Waals surface area contributed by atoms with Gasteiger partial charge in [-0.25, -0.2) is 17.8 Å². The van der Waals surface area contributed by atoms with E-state index in [1.165, 1.54) is 18.2 Å². The molecule has 0 unspecified atom stereocenters. The summed E-state index contributed by atoms with van der Waals surface area (Å²) >= 11 is 0. The third kappa shape index (κ3) is 2.62. The summed E-state index contributed by atoms with van der Waals surface area (Å²) in [6.07, 6.45) is 1.01. The second-order valence-corrected chi connectivity index (χ2v) is 5.06. The Hall–Kier alpha value is -2.02. The lowest BCUT2D eigenvalue weighted by molar-refractivity contribution is 0.569. The minimum absolute atomic E-state index is 0.0552. The first-order valence-electron chi connectivity index (χ1n) is 4.88. The maximum Gasteiger partial charge on any atom is 0.264 e. The first kappa shape index (κ1) is 12.4. The van der Waals surface area contributed by atoms with Gasteiger partial charge in [0.1, 0.15) is 10.7 Å². The fourth-order valence-corrected chi connectivity index (χ4v) is 2.43. The largest absolute Gasteiger partial charge is 0.278 e. The quantitative estimate of drug-likeness (QED) is 0.869. The molecule has 2 aromatic rings. The molecule has 4 nitrogen and oxygen atoms in total. The summed E-state index contributed by atoms with van der Waals surface area (Å²) in [4.78, 5) is 2.81. The molecule has 1 N–H and O–H groups in total. The van der Waals surface area contributed by atoms with Crippen molar-refractivity contribution >= 4 is 15.7 Å². The van der Waals surface area contributed by atoms with Crippen molar-refractivity contribution in [2.24, 2.45) is 0 Å². The molecule has 0 spiro atoms. The molecule has 1 aromatic heterocycles. The fourth-order valence-electron chi connectivity index (χ4n) is 1.31. The molecule has 0 saturated heterocycles. The van der Waals surface area contributed by atoms with Crippen molar-refractivity contribution < 1.29 is 17.2 Å². The monoisotopic (exact) mass is 270 g/mol. The van der Waals surface area contributed by atoms with E-state index in [-0.39, 0.29) is 5.69 Å². The lowest BCUT2D eigenvalue weighted by atomic mass is 10.4. The summed E-state index contributed by atoms with van der Waals surface area (Å²) in [6, 6.07) is 7.15. The Morgan fingerprint density at radius 3 is 2.39 bits per heavy atom. The van der Waals surface area contributed by atoms with Crippen LogP contribution in [0.2, 0.25) is 0 Å². The topological polar surface area (TPSA) is 59.1 Å². The zero-order valence-corrected chi connectivity index (χ0v) is 9.79. The van der Waals surface area contributed by atoms with Crippen LogP contribution < -0.4 is 4.72 Å². The van der Waals surface area contributed by atoms with Crippen molar-refractivity contribution in [3.05, 3.63) is 54.4 Å². The van der Waals surface area contributed by atoms with Crippen molar-refractivity contribution in [2.75, 3.05) is 4.72 Å². The summed E-state index contributed by atoms with van der Waals surface area (Å²) < 4.78 is 51.7. The molecule has 0 radical (unpaired) electrons. The van der Waals surface area contributed by atoms with Crippen LogP contribution in [0.25, 0.3) is 0 Å². The van der Waals surface area contributed by atoms with Gasteiger partial charge < -0.3 is 0 Å². The van der Waals surface area contributed by atoms with E-state index in [1.807, 2.05) is 0 Å². The highest BCUT2D eigenvalue weighted by Gasteiger charge is 2.18. The fraction of sp³-hybridized carbons (Fsp3) is 0. The first-order valence-corrected chi connectivity index (χ1v) is 6.36. The zero-order chi connectivity index (χ0) is 13.2. The molecule has 18 heavy (non-hydrogen) atoms. The lowest BCUT2D eigenvalue weighted by Crippen LogP contribution is -2.14. The van der Waals surface area contributed by atoms with Crippen LogP contribution in [0.5, 0.6) is 0 Å². The van der Waals surface area contributed by atoms with E-state index in [0.717, 1.165) is 24.4 Å². The van der Waals surface area contributed by atoms with Gasteiger partial charge in [0.15, 0.2) is 0 Å². The number of rotatable bonds is 3. The lowest BCUT2D eigenvalue weighted by Gasteiger charge is -2.08. The second kappa shape index (κ2) is 4.69. The molecule has 0 aliphatic rings.